The molecule has 2 unspecified atom stereocenters. The first-order valence-corrected chi connectivity index (χ1v) is 6.69. The zero-order valence-corrected chi connectivity index (χ0v) is 9.25. The molecule has 0 bridgehead atoms. The van der Waals surface area contributed by atoms with Gasteiger partial charge in [0.05, 0.1) is 6.61 Å². The number of aliphatic hydroxyl groups excluding tert-OH is 1. The molecule has 1 aliphatic heterocycles. The number of aliphatic hydroxyl groups is 1. The third-order valence-electron chi connectivity index (χ3n) is 2.18. The van der Waals surface area contributed by atoms with E-state index >= 15 is 0 Å². The summed E-state index contributed by atoms with van der Waals surface area (Å²) in [6.07, 6.45) is 2.05. The highest BCUT2D eigenvalue weighted by Crippen LogP contribution is 2.19. The van der Waals surface area contributed by atoms with Crippen molar-refractivity contribution in [2.24, 2.45) is 0 Å². The van der Waals surface area contributed by atoms with Gasteiger partial charge in [-0.15, -0.1) is 0 Å². The fraction of sp³-hybridized carbons (Fsp3) is 1.00. The van der Waals surface area contributed by atoms with E-state index in [1.807, 2.05) is 11.8 Å². The van der Waals surface area contributed by atoms with Gasteiger partial charge in [0.15, 0.2) is 0 Å². The van der Waals surface area contributed by atoms with Gasteiger partial charge in [0.1, 0.15) is 0 Å². The Labute approximate surface area is 82.9 Å². The van der Waals surface area contributed by atoms with Crippen LogP contribution >= 0.6 is 23.5 Å². The summed E-state index contributed by atoms with van der Waals surface area (Å²) >= 11 is 3.72. The maximum atomic E-state index is 9.03. The molecule has 0 aromatic rings. The van der Waals surface area contributed by atoms with Gasteiger partial charge in [-0.3, -0.25) is 0 Å². The van der Waals surface area contributed by atoms with Gasteiger partial charge in [0.25, 0.3) is 0 Å². The predicted molar refractivity (Wildman–Crippen MR) is 58.1 cm³/mol. The lowest BCUT2D eigenvalue weighted by Gasteiger charge is -2.32. The summed E-state index contributed by atoms with van der Waals surface area (Å²) in [6.45, 7) is 2.43. The van der Waals surface area contributed by atoms with E-state index in [4.69, 9.17) is 5.11 Å². The molecule has 0 aromatic carbocycles. The van der Waals surface area contributed by atoms with E-state index in [2.05, 4.69) is 18.5 Å². The molecule has 1 fully saturated rings. The molecule has 2 N–H and O–H groups in total. The van der Waals surface area contributed by atoms with E-state index in [0.29, 0.717) is 17.3 Å². The zero-order chi connectivity index (χ0) is 8.97. The van der Waals surface area contributed by atoms with Crippen LogP contribution in [0.3, 0.4) is 0 Å². The normalized spacial score (nSPS) is 23.2. The molecule has 0 aliphatic carbocycles. The minimum Gasteiger partial charge on any atom is -0.395 e. The Bertz CT molecular complexity index is 126. The number of rotatable bonds is 5. The highest BCUT2D eigenvalue weighted by Gasteiger charge is 2.23. The van der Waals surface area contributed by atoms with Crippen LogP contribution in [0.1, 0.15) is 6.92 Å². The molecular weight excluding hydrogens is 190 g/mol. The van der Waals surface area contributed by atoms with Crippen LogP contribution in [0.15, 0.2) is 0 Å². The molecule has 2 atom stereocenters. The Morgan fingerprint density at radius 2 is 2.33 bits per heavy atom. The quantitative estimate of drug-likeness (QED) is 0.698. The Hall–Kier alpha value is 0.620. The van der Waals surface area contributed by atoms with Crippen LogP contribution in [0.25, 0.3) is 0 Å². The molecule has 1 saturated heterocycles. The largest absolute Gasteiger partial charge is 0.395 e. The van der Waals surface area contributed by atoms with Crippen molar-refractivity contribution in [1.29, 1.82) is 0 Å². The van der Waals surface area contributed by atoms with Crippen molar-refractivity contribution in [1.82, 2.24) is 5.32 Å². The summed E-state index contributed by atoms with van der Waals surface area (Å²) in [6, 6.07) is 1.11. The van der Waals surface area contributed by atoms with E-state index in [0.717, 1.165) is 0 Å². The minimum absolute atomic E-state index is 0.273. The Morgan fingerprint density at radius 3 is 2.67 bits per heavy atom. The van der Waals surface area contributed by atoms with Crippen molar-refractivity contribution in [2.75, 3.05) is 24.4 Å². The third kappa shape index (κ3) is 2.83. The van der Waals surface area contributed by atoms with Gasteiger partial charge in [0, 0.05) is 28.8 Å². The van der Waals surface area contributed by atoms with Gasteiger partial charge < -0.3 is 10.4 Å². The molecule has 72 valence electrons. The van der Waals surface area contributed by atoms with Crippen molar-refractivity contribution < 1.29 is 5.11 Å². The van der Waals surface area contributed by atoms with Crippen molar-refractivity contribution in [3.63, 3.8) is 0 Å². The molecular formula is C8H17NOS2. The average molecular weight is 207 g/mol. The van der Waals surface area contributed by atoms with Gasteiger partial charge in [-0.25, -0.2) is 0 Å². The zero-order valence-electron chi connectivity index (χ0n) is 7.62. The van der Waals surface area contributed by atoms with Crippen LogP contribution in [-0.2, 0) is 0 Å². The monoisotopic (exact) mass is 207 g/mol. The molecule has 1 rings (SSSR count). The molecule has 0 aromatic heterocycles. The second-order valence-electron chi connectivity index (χ2n) is 3.15. The molecule has 4 heteroatoms. The van der Waals surface area contributed by atoms with Crippen molar-refractivity contribution in [2.45, 2.75) is 24.3 Å². The summed E-state index contributed by atoms with van der Waals surface area (Å²) in [5.41, 5.74) is 0. The molecule has 12 heavy (non-hydrogen) atoms. The van der Waals surface area contributed by atoms with Crippen LogP contribution in [0, 0.1) is 0 Å². The second-order valence-corrected chi connectivity index (χ2v) is 5.30. The smallest absolute Gasteiger partial charge is 0.0564 e. The van der Waals surface area contributed by atoms with Gasteiger partial charge in [-0.2, -0.15) is 23.5 Å². The summed E-state index contributed by atoms with van der Waals surface area (Å²) < 4.78 is 0. The molecule has 0 spiro atoms. The average Bonchev–Trinajstić information content (AvgIpc) is 1.99. The number of hydrogen-bond donors (Lipinski definition) is 2. The van der Waals surface area contributed by atoms with Crippen LogP contribution in [0.4, 0.5) is 0 Å². The van der Waals surface area contributed by atoms with Gasteiger partial charge in [-0.05, 0) is 13.2 Å². The lowest BCUT2D eigenvalue weighted by Crippen LogP contribution is -2.49. The summed E-state index contributed by atoms with van der Waals surface area (Å²) in [5, 5.41) is 12.9. The molecule has 0 saturated carbocycles. The minimum atomic E-state index is 0.273. The molecule has 1 heterocycles. The van der Waals surface area contributed by atoms with E-state index in [-0.39, 0.29) is 6.61 Å². The lowest BCUT2D eigenvalue weighted by molar-refractivity contribution is 0.272. The highest BCUT2D eigenvalue weighted by molar-refractivity contribution is 8.00. The molecule has 2 nitrogen and oxygen atoms in total. The molecule has 0 amide bonds. The SMILES string of the molecule is CSC(CO)C(C)NC1CSC1. The van der Waals surface area contributed by atoms with E-state index in [1.54, 1.807) is 11.8 Å². The maximum Gasteiger partial charge on any atom is 0.0564 e. The van der Waals surface area contributed by atoms with Crippen LogP contribution in [0.2, 0.25) is 0 Å². The van der Waals surface area contributed by atoms with Gasteiger partial charge in [0.2, 0.25) is 0 Å². The fourth-order valence-electron chi connectivity index (χ4n) is 1.25. The van der Waals surface area contributed by atoms with Gasteiger partial charge in [-0.1, -0.05) is 0 Å². The second kappa shape index (κ2) is 5.37. The summed E-state index contributed by atoms with van der Waals surface area (Å²) in [4.78, 5) is 0. The standard InChI is InChI=1S/C8H17NOS2/c1-6(8(3-10)11-2)9-7-4-12-5-7/h6-10H,3-5H2,1-2H3. The topological polar surface area (TPSA) is 32.3 Å². The molecule has 1 aliphatic rings. The Kier molecular flexibility index (Phi) is 4.79. The van der Waals surface area contributed by atoms with Crippen molar-refractivity contribution >= 4 is 23.5 Å². The van der Waals surface area contributed by atoms with Crippen LogP contribution in [0.5, 0.6) is 0 Å². The maximum absolute atomic E-state index is 9.03. The van der Waals surface area contributed by atoms with Crippen molar-refractivity contribution in [3.8, 4) is 0 Å². The first-order chi connectivity index (χ1) is 5.77. The first kappa shape index (κ1) is 10.7. The highest BCUT2D eigenvalue weighted by atomic mass is 32.2. The molecule has 0 radical (unpaired) electrons. The first-order valence-electron chi connectivity index (χ1n) is 4.25. The number of thioether (sulfide) groups is 2. The number of hydrogen-bond acceptors (Lipinski definition) is 4. The fourth-order valence-corrected chi connectivity index (χ4v) is 2.55. The van der Waals surface area contributed by atoms with Crippen molar-refractivity contribution in [3.05, 3.63) is 0 Å². The van der Waals surface area contributed by atoms with Crippen LogP contribution in [-0.4, -0.2) is 46.8 Å². The van der Waals surface area contributed by atoms with E-state index < -0.39 is 0 Å². The summed E-state index contributed by atoms with van der Waals surface area (Å²) in [5.74, 6) is 2.47. The Balaban J connectivity index is 2.19. The van der Waals surface area contributed by atoms with E-state index in [1.165, 1.54) is 11.5 Å². The predicted octanol–water partition coefficient (Wildman–Crippen LogP) is 0.804. The summed E-state index contributed by atoms with van der Waals surface area (Å²) in [7, 11) is 0. The Morgan fingerprint density at radius 1 is 1.67 bits per heavy atom. The van der Waals surface area contributed by atoms with E-state index in [9.17, 15) is 0 Å². The van der Waals surface area contributed by atoms with Gasteiger partial charge >= 0.3 is 0 Å². The number of nitrogens with one attached hydrogen (secondary N) is 1. The lowest BCUT2D eigenvalue weighted by atomic mass is 10.2. The third-order valence-corrected chi connectivity index (χ3v) is 4.62. The van der Waals surface area contributed by atoms with Crippen LogP contribution < -0.4 is 5.32 Å².